The van der Waals surface area contributed by atoms with Crippen LogP contribution in [0.5, 0.6) is 11.5 Å². The van der Waals surface area contributed by atoms with Crippen molar-refractivity contribution >= 4 is 18.5 Å². The molecule has 0 aliphatic carbocycles. The highest BCUT2D eigenvalue weighted by Gasteiger charge is 2.14. The Bertz CT molecular complexity index is 1120. The highest BCUT2D eigenvalue weighted by molar-refractivity contribution is 7.73. The van der Waals surface area contributed by atoms with Crippen LogP contribution in [0.1, 0.15) is 36.5 Å². The van der Waals surface area contributed by atoms with Gasteiger partial charge in [-0.3, -0.25) is 0 Å². The quantitative estimate of drug-likeness (QED) is 0.154. The second-order valence-electron chi connectivity index (χ2n) is 8.73. The number of ether oxygens (including phenoxy) is 2. The van der Waals surface area contributed by atoms with Crippen molar-refractivity contribution in [3.8, 4) is 11.5 Å². The van der Waals surface area contributed by atoms with Crippen LogP contribution in [0.25, 0.3) is 0 Å². The van der Waals surface area contributed by atoms with Crippen molar-refractivity contribution in [1.82, 2.24) is 0 Å². The predicted octanol–water partition coefficient (Wildman–Crippen LogP) is 7.43. The molecule has 0 amide bonds. The molecule has 0 aromatic heterocycles. The van der Waals surface area contributed by atoms with Gasteiger partial charge in [-0.05, 0) is 79.7 Å². The molecule has 4 aromatic rings. The van der Waals surface area contributed by atoms with Crippen LogP contribution in [0.15, 0.2) is 103 Å². The number of hydrogen-bond acceptors (Lipinski definition) is 2. The fourth-order valence-corrected chi connectivity index (χ4v) is 6.69. The van der Waals surface area contributed by atoms with E-state index in [1.807, 2.05) is 18.2 Å². The molecule has 0 N–H and O–H groups in total. The smallest absolute Gasteiger partial charge is 0.125 e. The fraction of sp³-hybridized carbons (Fsp3) is 0.250. The third-order valence-corrected chi connectivity index (χ3v) is 8.72. The van der Waals surface area contributed by atoms with Gasteiger partial charge in [0, 0.05) is 0 Å². The lowest BCUT2D eigenvalue weighted by Gasteiger charge is -2.19. The maximum absolute atomic E-state index is 6.32. The molecule has 0 unspecified atom stereocenters. The van der Waals surface area contributed by atoms with Gasteiger partial charge in [-0.25, -0.2) is 0 Å². The molecule has 2 nitrogen and oxygen atoms in total. The molecule has 4 aromatic carbocycles. The molecule has 180 valence electrons. The summed E-state index contributed by atoms with van der Waals surface area (Å²) in [5.41, 5.74) is 3.53. The molecule has 0 saturated heterocycles. The molecule has 0 saturated carbocycles. The van der Waals surface area contributed by atoms with E-state index in [0.29, 0.717) is 6.61 Å². The number of rotatable bonds is 12. The Hall–Kier alpha value is -3.09. The Morgan fingerprint density at radius 3 is 1.89 bits per heavy atom. The van der Waals surface area contributed by atoms with Crippen molar-refractivity contribution in [1.29, 1.82) is 0 Å². The van der Waals surface area contributed by atoms with Crippen molar-refractivity contribution in [2.24, 2.45) is 0 Å². The first-order chi connectivity index (χ1) is 17.2. The second kappa shape index (κ2) is 13.1. The van der Waals surface area contributed by atoms with Gasteiger partial charge >= 0.3 is 0 Å². The highest BCUT2D eigenvalue weighted by atomic mass is 31.1. The molecule has 0 bridgehead atoms. The highest BCUT2D eigenvalue weighted by Crippen LogP contribution is 2.35. The van der Waals surface area contributed by atoms with Gasteiger partial charge in [0.25, 0.3) is 0 Å². The maximum Gasteiger partial charge on any atom is 0.125 e. The van der Waals surface area contributed by atoms with Gasteiger partial charge < -0.3 is 9.47 Å². The molecule has 0 aliphatic heterocycles. The van der Waals surface area contributed by atoms with Crippen molar-refractivity contribution in [2.75, 3.05) is 12.8 Å². The normalized spacial score (nSPS) is 10.9. The molecule has 0 heterocycles. The van der Waals surface area contributed by atoms with Crippen LogP contribution >= 0.6 is 7.92 Å². The zero-order valence-corrected chi connectivity index (χ0v) is 21.7. The van der Waals surface area contributed by atoms with E-state index in [1.165, 1.54) is 27.9 Å². The van der Waals surface area contributed by atoms with Crippen LogP contribution in [0, 0.1) is 6.92 Å². The van der Waals surface area contributed by atoms with E-state index in [2.05, 4.69) is 98.8 Å². The fourth-order valence-electron chi connectivity index (χ4n) is 4.27. The lowest BCUT2D eigenvalue weighted by molar-refractivity contribution is 0.295. The van der Waals surface area contributed by atoms with E-state index in [9.17, 15) is 0 Å². The van der Waals surface area contributed by atoms with E-state index in [0.717, 1.165) is 42.9 Å². The number of aryl methyl sites for hydroxylation is 2. The Morgan fingerprint density at radius 1 is 0.686 bits per heavy atom. The zero-order chi connectivity index (χ0) is 24.3. The summed E-state index contributed by atoms with van der Waals surface area (Å²) >= 11 is 0. The van der Waals surface area contributed by atoms with Gasteiger partial charge in [-0.15, -0.1) is 0 Å². The van der Waals surface area contributed by atoms with Crippen LogP contribution in [-0.2, 0) is 13.0 Å². The average Bonchev–Trinajstić information content (AvgIpc) is 2.91. The van der Waals surface area contributed by atoms with Crippen molar-refractivity contribution in [3.05, 3.63) is 120 Å². The van der Waals surface area contributed by atoms with Gasteiger partial charge in [0.15, 0.2) is 0 Å². The van der Waals surface area contributed by atoms with E-state index >= 15 is 0 Å². The van der Waals surface area contributed by atoms with Crippen molar-refractivity contribution in [2.45, 2.75) is 39.7 Å². The van der Waals surface area contributed by atoms with Gasteiger partial charge in [0.2, 0.25) is 0 Å². The molecule has 0 radical (unpaired) electrons. The van der Waals surface area contributed by atoms with E-state index in [4.69, 9.17) is 9.47 Å². The lowest BCUT2D eigenvalue weighted by atomic mass is 10.1. The topological polar surface area (TPSA) is 18.5 Å². The Kier molecular flexibility index (Phi) is 9.38. The van der Waals surface area contributed by atoms with E-state index in [1.54, 1.807) is 0 Å². The summed E-state index contributed by atoms with van der Waals surface area (Å²) in [6.07, 6.45) is 4.30. The van der Waals surface area contributed by atoms with E-state index in [-0.39, 0.29) is 7.92 Å². The summed E-state index contributed by atoms with van der Waals surface area (Å²) in [5, 5.41) is 2.90. The molecule has 35 heavy (non-hydrogen) atoms. The van der Waals surface area contributed by atoms with Crippen LogP contribution in [0.3, 0.4) is 0 Å². The molecule has 4 rings (SSSR count). The molecular formula is C32H35O2P. The predicted molar refractivity (Wildman–Crippen MR) is 150 cm³/mol. The average molecular weight is 483 g/mol. The van der Waals surface area contributed by atoms with Crippen LogP contribution in [0.2, 0.25) is 0 Å². The molecule has 0 spiro atoms. The number of hydrogen-bond donors (Lipinski definition) is 0. The first kappa shape index (κ1) is 25.0. The molecule has 0 atom stereocenters. The lowest BCUT2D eigenvalue weighted by Crippen LogP contribution is -2.14. The first-order valence-electron chi connectivity index (χ1n) is 12.6. The summed E-state index contributed by atoms with van der Waals surface area (Å²) in [7, 11) is -0.337. The minimum absolute atomic E-state index is 0.337. The summed E-state index contributed by atoms with van der Waals surface area (Å²) < 4.78 is 12.4. The molecular weight excluding hydrogens is 447 g/mol. The van der Waals surface area contributed by atoms with Crippen molar-refractivity contribution < 1.29 is 9.47 Å². The molecule has 0 fully saturated rings. The SMILES string of the molecule is CCc1cc(OCc2ccccc2)cc(C)c1OCCCCP(c1ccccc1)c1ccccc1. The van der Waals surface area contributed by atoms with Crippen LogP contribution in [-0.4, -0.2) is 12.8 Å². The van der Waals surface area contributed by atoms with Crippen LogP contribution < -0.4 is 20.1 Å². The third-order valence-electron chi connectivity index (χ3n) is 6.11. The minimum Gasteiger partial charge on any atom is -0.493 e. The van der Waals surface area contributed by atoms with Crippen molar-refractivity contribution in [3.63, 3.8) is 0 Å². The summed E-state index contributed by atoms with van der Waals surface area (Å²) in [6.45, 7) is 5.61. The summed E-state index contributed by atoms with van der Waals surface area (Å²) in [6, 6.07) is 36.4. The standard InChI is InChI=1S/C32H35O2P/c1-3-28-24-29(34-25-27-15-7-4-8-16-27)23-26(2)32(28)33-21-13-14-22-35(30-17-9-5-10-18-30)31-19-11-6-12-20-31/h4-12,15-20,23-24H,3,13-14,21-22,25H2,1-2H3. The Labute approximate surface area is 211 Å². The second-order valence-corrected chi connectivity index (χ2v) is 11.1. The van der Waals surface area contributed by atoms with Gasteiger partial charge in [-0.2, -0.15) is 0 Å². The minimum atomic E-state index is -0.337. The first-order valence-corrected chi connectivity index (χ1v) is 14.1. The van der Waals surface area contributed by atoms with Gasteiger partial charge in [0.05, 0.1) is 6.61 Å². The Balaban J connectivity index is 1.32. The molecule has 3 heteroatoms. The molecule has 0 aliphatic rings. The monoisotopic (exact) mass is 482 g/mol. The summed E-state index contributed by atoms with van der Waals surface area (Å²) in [5.74, 6) is 1.93. The maximum atomic E-state index is 6.32. The number of unbranched alkanes of at least 4 members (excludes halogenated alkanes) is 1. The summed E-state index contributed by atoms with van der Waals surface area (Å²) in [4.78, 5) is 0. The largest absolute Gasteiger partial charge is 0.493 e. The van der Waals surface area contributed by atoms with Gasteiger partial charge in [0.1, 0.15) is 18.1 Å². The number of benzene rings is 4. The van der Waals surface area contributed by atoms with Crippen LogP contribution in [0.4, 0.5) is 0 Å². The van der Waals surface area contributed by atoms with E-state index < -0.39 is 0 Å². The third kappa shape index (κ3) is 7.20. The Morgan fingerprint density at radius 2 is 1.29 bits per heavy atom. The zero-order valence-electron chi connectivity index (χ0n) is 20.8. The van der Waals surface area contributed by atoms with Gasteiger partial charge in [-0.1, -0.05) is 97.9 Å².